The zero-order chi connectivity index (χ0) is 14.3. The molecule has 2 saturated heterocycles. The van der Waals surface area contributed by atoms with Gasteiger partial charge in [-0.2, -0.15) is 0 Å². The zero-order valence-corrected chi connectivity index (χ0v) is 15.4. The third-order valence-corrected chi connectivity index (χ3v) is 4.10. The minimum Gasteiger partial charge on any atom is -0.382 e. The van der Waals surface area contributed by atoms with E-state index in [2.05, 4.69) is 15.2 Å². The number of hydrogen-bond donors (Lipinski definition) is 1. The Morgan fingerprint density at radius 2 is 2.19 bits per heavy atom. The largest absolute Gasteiger partial charge is 0.382 e. The van der Waals surface area contributed by atoms with Gasteiger partial charge in [-0.1, -0.05) is 0 Å². The predicted octanol–water partition coefficient (Wildman–Crippen LogP) is 0.955. The topological polar surface area (TPSA) is 55.3 Å². The second-order valence-corrected chi connectivity index (χ2v) is 5.55. The van der Waals surface area contributed by atoms with Crippen molar-refractivity contribution < 1.29 is 14.2 Å². The zero-order valence-electron chi connectivity index (χ0n) is 13.1. The summed E-state index contributed by atoms with van der Waals surface area (Å²) in [5.41, 5.74) is 0.368. The van der Waals surface area contributed by atoms with Gasteiger partial charge in [-0.15, -0.1) is 24.0 Å². The number of ether oxygens (including phenoxy) is 3. The molecule has 6 nitrogen and oxygen atoms in total. The first-order chi connectivity index (χ1) is 9.79. The lowest BCUT2D eigenvalue weighted by Gasteiger charge is -2.24. The van der Waals surface area contributed by atoms with Crippen LogP contribution >= 0.6 is 24.0 Å². The van der Waals surface area contributed by atoms with Gasteiger partial charge >= 0.3 is 0 Å². The molecule has 2 rings (SSSR count). The molecule has 2 aliphatic rings. The van der Waals surface area contributed by atoms with Crippen molar-refractivity contribution in [1.82, 2.24) is 10.2 Å². The second-order valence-electron chi connectivity index (χ2n) is 5.55. The molecule has 0 aromatic heterocycles. The summed E-state index contributed by atoms with van der Waals surface area (Å²) >= 11 is 0. The molecule has 7 heteroatoms. The summed E-state index contributed by atoms with van der Waals surface area (Å²) in [5.74, 6) is 0.976. The van der Waals surface area contributed by atoms with Crippen molar-refractivity contribution in [2.24, 2.45) is 10.4 Å². The molecule has 0 aromatic carbocycles. The van der Waals surface area contributed by atoms with Gasteiger partial charge in [0.2, 0.25) is 0 Å². The van der Waals surface area contributed by atoms with Crippen LogP contribution in [0.5, 0.6) is 0 Å². The van der Waals surface area contributed by atoms with Gasteiger partial charge < -0.3 is 24.4 Å². The van der Waals surface area contributed by atoms with E-state index in [1.807, 2.05) is 7.05 Å². The number of guanidine groups is 1. The van der Waals surface area contributed by atoms with Crippen LogP contribution in [0.3, 0.4) is 0 Å². The van der Waals surface area contributed by atoms with E-state index in [1.54, 1.807) is 7.11 Å². The molecular formula is C14H28IN3O3. The lowest BCUT2D eigenvalue weighted by Crippen LogP contribution is -2.42. The number of halogens is 1. The highest BCUT2D eigenvalue weighted by Crippen LogP contribution is 2.37. The first kappa shape index (κ1) is 18.9. The number of hydrogen-bond acceptors (Lipinski definition) is 4. The van der Waals surface area contributed by atoms with Crippen LogP contribution in [-0.2, 0) is 14.2 Å². The van der Waals surface area contributed by atoms with E-state index in [0.29, 0.717) is 25.2 Å². The monoisotopic (exact) mass is 413 g/mol. The van der Waals surface area contributed by atoms with Crippen molar-refractivity contribution in [3.05, 3.63) is 0 Å². The quantitative estimate of drug-likeness (QED) is 0.304. The third-order valence-electron chi connectivity index (χ3n) is 4.10. The Morgan fingerprint density at radius 3 is 2.86 bits per heavy atom. The number of rotatable bonds is 6. The Kier molecular flexibility index (Phi) is 8.84. The van der Waals surface area contributed by atoms with Gasteiger partial charge in [0, 0.05) is 45.8 Å². The smallest absolute Gasteiger partial charge is 0.193 e. The van der Waals surface area contributed by atoms with Crippen LogP contribution in [0, 0.1) is 5.41 Å². The van der Waals surface area contributed by atoms with Gasteiger partial charge in [0.15, 0.2) is 5.96 Å². The average molecular weight is 413 g/mol. The fourth-order valence-corrected chi connectivity index (χ4v) is 2.90. The van der Waals surface area contributed by atoms with Gasteiger partial charge in [-0.05, 0) is 12.8 Å². The summed E-state index contributed by atoms with van der Waals surface area (Å²) in [6.07, 6.45) is 2.39. The van der Waals surface area contributed by atoms with Crippen molar-refractivity contribution in [1.29, 1.82) is 0 Å². The molecule has 0 saturated carbocycles. The van der Waals surface area contributed by atoms with Gasteiger partial charge in [-0.25, -0.2) is 0 Å². The molecule has 2 fully saturated rings. The van der Waals surface area contributed by atoms with Gasteiger partial charge in [0.25, 0.3) is 0 Å². The standard InChI is InChI=1S/C14H27N3O3.HI/c1-15-13(16-5-8-19-10-9-18-2)17-6-3-14(11-17)4-7-20-12-14;/h3-12H2,1-2H3,(H,15,16);1H. The van der Waals surface area contributed by atoms with E-state index in [9.17, 15) is 0 Å². The summed E-state index contributed by atoms with van der Waals surface area (Å²) in [5, 5.41) is 3.36. The summed E-state index contributed by atoms with van der Waals surface area (Å²) in [6.45, 7) is 6.66. The number of likely N-dealkylation sites (tertiary alicyclic amines) is 1. The number of nitrogens with zero attached hydrogens (tertiary/aromatic N) is 2. The van der Waals surface area contributed by atoms with Crippen molar-refractivity contribution in [3.63, 3.8) is 0 Å². The molecule has 0 amide bonds. The Balaban J connectivity index is 0.00000220. The Hall–Kier alpha value is -0.120. The molecule has 1 atom stereocenters. The van der Waals surface area contributed by atoms with Gasteiger partial charge in [0.1, 0.15) is 0 Å². The van der Waals surface area contributed by atoms with Crippen LogP contribution in [0.1, 0.15) is 12.8 Å². The van der Waals surface area contributed by atoms with Crippen LogP contribution < -0.4 is 5.32 Å². The average Bonchev–Trinajstić information content (AvgIpc) is 3.09. The Morgan fingerprint density at radius 1 is 1.33 bits per heavy atom. The van der Waals surface area contributed by atoms with E-state index < -0.39 is 0 Å². The lowest BCUT2D eigenvalue weighted by atomic mass is 9.87. The van der Waals surface area contributed by atoms with Crippen LogP contribution in [-0.4, -0.2) is 77.7 Å². The van der Waals surface area contributed by atoms with Crippen molar-refractivity contribution in [3.8, 4) is 0 Å². The van der Waals surface area contributed by atoms with Crippen LogP contribution in [0.4, 0.5) is 0 Å². The first-order valence-electron chi connectivity index (χ1n) is 7.40. The number of methoxy groups -OCH3 is 1. The van der Waals surface area contributed by atoms with Crippen molar-refractivity contribution >= 4 is 29.9 Å². The highest BCUT2D eigenvalue weighted by Gasteiger charge is 2.42. The van der Waals surface area contributed by atoms with Gasteiger partial charge in [0.05, 0.1) is 26.4 Å². The summed E-state index contributed by atoms with van der Waals surface area (Å²) in [6, 6.07) is 0. The predicted molar refractivity (Wildman–Crippen MR) is 93.5 cm³/mol. The molecule has 0 aromatic rings. The van der Waals surface area contributed by atoms with E-state index in [-0.39, 0.29) is 24.0 Å². The fraction of sp³-hybridized carbons (Fsp3) is 0.929. The van der Waals surface area contributed by atoms with E-state index in [0.717, 1.165) is 38.8 Å². The van der Waals surface area contributed by atoms with Crippen LogP contribution in [0.25, 0.3) is 0 Å². The fourth-order valence-electron chi connectivity index (χ4n) is 2.90. The molecule has 0 bridgehead atoms. The molecule has 2 heterocycles. The van der Waals surface area contributed by atoms with Gasteiger partial charge in [-0.3, -0.25) is 4.99 Å². The Bertz CT molecular complexity index is 323. The molecule has 2 aliphatic heterocycles. The van der Waals surface area contributed by atoms with E-state index in [1.165, 1.54) is 12.8 Å². The minimum atomic E-state index is 0. The number of aliphatic imine (C=N–C) groups is 1. The highest BCUT2D eigenvalue weighted by molar-refractivity contribution is 14.0. The minimum absolute atomic E-state index is 0. The number of nitrogens with one attached hydrogen (secondary N) is 1. The summed E-state index contributed by atoms with van der Waals surface area (Å²) < 4.78 is 15.9. The normalized spacial score (nSPS) is 25.4. The lowest BCUT2D eigenvalue weighted by molar-refractivity contribution is 0.0731. The second kappa shape index (κ2) is 9.81. The molecule has 0 radical (unpaired) electrons. The first-order valence-corrected chi connectivity index (χ1v) is 7.40. The maximum atomic E-state index is 5.56. The molecule has 1 spiro atoms. The van der Waals surface area contributed by atoms with E-state index in [4.69, 9.17) is 14.2 Å². The Labute approximate surface area is 144 Å². The van der Waals surface area contributed by atoms with Crippen molar-refractivity contribution in [2.75, 3.05) is 66.8 Å². The maximum absolute atomic E-state index is 5.56. The molecule has 0 aliphatic carbocycles. The SMILES string of the molecule is CN=C(NCCOCCOC)N1CCC2(CCOC2)C1.I. The van der Waals surface area contributed by atoms with Crippen LogP contribution in [0.15, 0.2) is 4.99 Å². The molecule has 1 N–H and O–H groups in total. The third kappa shape index (κ3) is 5.54. The molecule has 124 valence electrons. The van der Waals surface area contributed by atoms with E-state index >= 15 is 0 Å². The molecule has 1 unspecified atom stereocenters. The summed E-state index contributed by atoms with van der Waals surface area (Å²) in [7, 11) is 3.52. The highest BCUT2D eigenvalue weighted by atomic mass is 127. The van der Waals surface area contributed by atoms with Crippen LogP contribution in [0.2, 0.25) is 0 Å². The summed E-state index contributed by atoms with van der Waals surface area (Å²) in [4.78, 5) is 6.71. The molecular weight excluding hydrogens is 385 g/mol. The molecule has 21 heavy (non-hydrogen) atoms. The van der Waals surface area contributed by atoms with Crippen molar-refractivity contribution in [2.45, 2.75) is 12.8 Å². The maximum Gasteiger partial charge on any atom is 0.193 e.